The average Bonchev–Trinajstić information content (AvgIpc) is 3.48. The molecule has 6 unspecified atom stereocenters. The fraction of sp³-hybridized carbons (Fsp3) is 0.659. The van der Waals surface area contributed by atoms with Gasteiger partial charge in [0.15, 0.2) is 0 Å². The van der Waals surface area contributed by atoms with E-state index in [1.807, 2.05) is 18.3 Å². The van der Waals surface area contributed by atoms with E-state index >= 15 is 0 Å². The van der Waals surface area contributed by atoms with Gasteiger partial charge >= 0.3 is 5.97 Å². The van der Waals surface area contributed by atoms with E-state index in [-0.39, 0.29) is 10.8 Å². The molecule has 5 nitrogen and oxygen atoms in total. The second-order valence-corrected chi connectivity index (χ2v) is 18.1. The van der Waals surface area contributed by atoms with Crippen LogP contribution in [-0.4, -0.2) is 40.9 Å². The molecule has 0 bridgehead atoms. The number of carbonyl (C=O) groups is 1. The highest BCUT2D eigenvalue weighted by atomic mass is 32.2. The van der Waals surface area contributed by atoms with Gasteiger partial charge in [0.2, 0.25) is 0 Å². The summed E-state index contributed by atoms with van der Waals surface area (Å²) in [5.74, 6) is 3.07. The Hall–Kier alpha value is -2.31. The monoisotopic (exact) mass is 655 g/mol. The number of nitrogens with zero attached hydrogens (tertiary/aromatic N) is 1. The lowest BCUT2D eigenvalue weighted by atomic mass is 9.33. The molecule has 0 radical (unpaired) electrons. The standard InChI is InChI=1S/C41H57N3O2S/c1-37(2)30(27-9-11-28(12-10-27)36(45)46)17-20-38(3)33(37)18-21-40(5)34(38)15-14-31-32-8-7-19-41(32,23-22-39(31,40)4)44-25-24-42-35-16-13-29(47-6)26-43-35/h9-13,16-17,26,31-34,44H,7-8,14-15,18-25H2,1-6H3,(H,42,43)(H,45,46)/t31?,32?,33?,34?,38-,39+,40?,41?/m0/s1. The van der Waals surface area contributed by atoms with E-state index in [0.717, 1.165) is 43.1 Å². The fourth-order valence-electron chi connectivity index (χ4n) is 12.9. The fourth-order valence-corrected chi connectivity index (χ4v) is 13.2. The minimum Gasteiger partial charge on any atom is -0.478 e. The van der Waals surface area contributed by atoms with Crippen LogP contribution in [0.2, 0.25) is 0 Å². The Morgan fingerprint density at radius 1 is 0.872 bits per heavy atom. The van der Waals surface area contributed by atoms with E-state index in [2.05, 4.69) is 74.7 Å². The van der Waals surface area contributed by atoms with Gasteiger partial charge in [0, 0.05) is 29.7 Å². The molecule has 1 aromatic carbocycles. The zero-order valence-electron chi connectivity index (χ0n) is 29.6. The molecule has 1 heterocycles. The van der Waals surface area contributed by atoms with Crippen LogP contribution in [0.4, 0.5) is 5.82 Å². The van der Waals surface area contributed by atoms with Crippen molar-refractivity contribution < 1.29 is 9.90 Å². The summed E-state index contributed by atoms with van der Waals surface area (Å²) in [4.78, 5) is 17.3. The van der Waals surface area contributed by atoms with Gasteiger partial charge in [-0.3, -0.25) is 0 Å². The number of carboxylic acid groups (broad SMARTS) is 1. The number of aromatic carboxylic acids is 1. The van der Waals surface area contributed by atoms with Crippen LogP contribution in [0.15, 0.2) is 53.6 Å². The summed E-state index contributed by atoms with van der Waals surface area (Å²) in [5.41, 5.74) is 4.35. The van der Waals surface area contributed by atoms with Crippen LogP contribution in [-0.2, 0) is 0 Å². The van der Waals surface area contributed by atoms with Crippen LogP contribution >= 0.6 is 11.8 Å². The van der Waals surface area contributed by atoms with E-state index in [1.165, 1.54) is 73.8 Å². The molecule has 4 saturated carbocycles. The first-order chi connectivity index (χ1) is 22.4. The van der Waals surface area contributed by atoms with Crippen LogP contribution in [0.3, 0.4) is 0 Å². The number of rotatable bonds is 8. The largest absolute Gasteiger partial charge is 0.478 e. The van der Waals surface area contributed by atoms with Crippen LogP contribution in [0, 0.1) is 45.3 Å². The molecule has 0 aliphatic heterocycles. The van der Waals surface area contributed by atoms with Crippen molar-refractivity contribution in [1.29, 1.82) is 0 Å². The number of thioether (sulfide) groups is 1. The molecule has 47 heavy (non-hydrogen) atoms. The Morgan fingerprint density at radius 3 is 2.36 bits per heavy atom. The summed E-state index contributed by atoms with van der Waals surface area (Å²) in [6, 6.07) is 11.9. The van der Waals surface area contributed by atoms with Gasteiger partial charge in [-0.1, -0.05) is 59.2 Å². The molecule has 1 aromatic heterocycles. The summed E-state index contributed by atoms with van der Waals surface area (Å²) in [6.45, 7) is 15.0. The first-order valence-electron chi connectivity index (χ1n) is 18.4. The molecule has 6 heteroatoms. The summed E-state index contributed by atoms with van der Waals surface area (Å²) >= 11 is 1.73. The first-order valence-corrected chi connectivity index (χ1v) is 19.6. The highest BCUT2D eigenvalue weighted by Crippen LogP contribution is 2.76. The summed E-state index contributed by atoms with van der Waals surface area (Å²) < 4.78 is 0. The van der Waals surface area contributed by atoms with Crippen LogP contribution in [0.1, 0.15) is 115 Å². The minimum atomic E-state index is -0.854. The van der Waals surface area contributed by atoms with Gasteiger partial charge in [-0.15, -0.1) is 11.8 Å². The van der Waals surface area contributed by atoms with Crippen molar-refractivity contribution in [3.05, 3.63) is 59.8 Å². The Balaban J connectivity index is 1.09. The lowest BCUT2D eigenvalue weighted by Gasteiger charge is -2.72. The molecule has 4 fully saturated rings. The van der Waals surface area contributed by atoms with Gasteiger partial charge in [-0.05, 0) is 145 Å². The molecule has 254 valence electrons. The number of aromatic nitrogens is 1. The van der Waals surface area contributed by atoms with Gasteiger partial charge in [-0.25, -0.2) is 9.78 Å². The van der Waals surface area contributed by atoms with Crippen molar-refractivity contribution in [2.75, 3.05) is 24.7 Å². The van der Waals surface area contributed by atoms with Gasteiger partial charge < -0.3 is 15.7 Å². The molecule has 2 aromatic rings. The highest BCUT2D eigenvalue weighted by Gasteiger charge is 2.69. The van der Waals surface area contributed by atoms with E-state index in [1.54, 1.807) is 23.9 Å². The van der Waals surface area contributed by atoms with Crippen molar-refractivity contribution >= 4 is 29.1 Å². The van der Waals surface area contributed by atoms with Crippen molar-refractivity contribution in [3.8, 4) is 0 Å². The molecular formula is C41H57N3O2S. The molecule has 5 aliphatic rings. The van der Waals surface area contributed by atoms with Crippen molar-refractivity contribution in [1.82, 2.24) is 10.3 Å². The molecule has 0 spiro atoms. The molecular weight excluding hydrogens is 599 g/mol. The first kappa shape index (κ1) is 33.2. The molecule has 0 saturated heterocycles. The zero-order valence-corrected chi connectivity index (χ0v) is 30.4. The summed E-state index contributed by atoms with van der Waals surface area (Å²) in [5, 5.41) is 17.2. The third-order valence-electron chi connectivity index (χ3n) is 15.3. The number of carboxylic acids is 1. The van der Waals surface area contributed by atoms with Crippen LogP contribution < -0.4 is 10.6 Å². The SMILES string of the molecule is CSc1ccc(NCCNC23CCCC2C2CCC4C(C)(CCC5C(C)(C)C(c6ccc(C(=O)O)cc6)=CC[C@@]54C)[C@]2(C)CC3)nc1. The Morgan fingerprint density at radius 2 is 1.66 bits per heavy atom. The van der Waals surface area contributed by atoms with Crippen LogP contribution in [0.5, 0.6) is 0 Å². The predicted octanol–water partition coefficient (Wildman–Crippen LogP) is 9.80. The highest BCUT2D eigenvalue weighted by molar-refractivity contribution is 7.98. The number of benzene rings is 1. The maximum absolute atomic E-state index is 11.5. The lowest BCUT2D eigenvalue weighted by Crippen LogP contribution is -2.67. The number of anilines is 1. The second kappa shape index (κ2) is 11.9. The third-order valence-corrected chi connectivity index (χ3v) is 16.0. The van der Waals surface area contributed by atoms with Gasteiger partial charge in [0.25, 0.3) is 0 Å². The van der Waals surface area contributed by atoms with E-state index in [4.69, 9.17) is 0 Å². The Kier molecular flexibility index (Phi) is 8.43. The van der Waals surface area contributed by atoms with E-state index in [9.17, 15) is 9.90 Å². The van der Waals surface area contributed by atoms with E-state index < -0.39 is 5.97 Å². The van der Waals surface area contributed by atoms with Gasteiger partial charge in [0.05, 0.1) is 5.56 Å². The average molecular weight is 656 g/mol. The molecule has 0 amide bonds. The Bertz CT molecular complexity index is 1520. The van der Waals surface area contributed by atoms with Crippen LogP contribution in [0.25, 0.3) is 5.57 Å². The molecule has 7 rings (SSSR count). The van der Waals surface area contributed by atoms with Crippen molar-refractivity contribution in [3.63, 3.8) is 0 Å². The summed E-state index contributed by atoms with van der Waals surface area (Å²) in [7, 11) is 0. The normalized spacial score (nSPS) is 38.7. The summed E-state index contributed by atoms with van der Waals surface area (Å²) in [6.07, 6.45) is 19.9. The third kappa shape index (κ3) is 5.13. The maximum Gasteiger partial charge on any atom is 0.335 e. The smallest absolute Gasteiger partial charge is 0.335 e. The number of allylic oxidation sites excluding steroid dienone is 2. The second-order valence-electron chi connectivity index (χ2n) is 17.2. The van der Waals surface area contributed by atoms with Crippen molar-refractivity contribution in [2.45, 2.75) is 109 Å². The topological polar surface area (TPSA) is 74.2 Å². The predicted molar refractivity (Wildman–Crippen MR) is 195 cm³/mol. The molecule has 5 aliphatic carbocycles. The van der Waals surface area contributed by atoms with Gasteiger partial charge in [0.1, 0.15) is 5.82 Å². The number of hydrogen-bond donors (Lipinski definition) is 3. The van der Waals surface area contributed by atoms with E-state index in [0.29, 0.717) is 27.9 Å². The lowest BCUT2D eigenvalue weighted by molar-refractivity contribution is -0.216. The quantitative estimate of drug-likeness (QED) is 0.194. The number of pyridine rings is 1. The van der Waals surface area contributed by atoms with Crippen molar-refractivity contribution in [2.24, 2.45) is 45.3 Å². The Labute approximate surface area is 287 Å². The number of hydrogen-bond acceptors (Lipinski definition) is 5. The number of fused-ring (bicyclic) bond motifs is 7. The number of nitrogens with one attached hydrogen (secondary N) is 2. The molecule has 3 N–H and O–H groups in total. The molecule has 8 atom stereocenters. The minimum absolute atomic E-state index is 0.0501. The van der Waals surface area contributed by atoms with Gasteiger partial charge in [-0.2, -0.15) is 0 Å². The maximum atomic E-state index is 11.5. The zero-order chi connectivity index (χ0) is 33.2.